The highest BCUT2D eigenvalue weighted by Gasteiger charge is 2.19. The van der Waals surface area contributed by atoms with Crippen molar-refractivity contribution in [3.63, 3.8) is 0 Å². The largest absolute Gasteiger partial charge is 0.462 e. The van der Waals surface area contributed by atoms with Crippen molar-refractivity contribution in [1.82, 2.24) is 0 Å². The highest BCUT2D eigenvalue weighted by molar-refractivity contribution is 5.71. The molecule has 1 unspecified atom stereocenters. The maximum absolute atomic E-state index is 12.9. The summed E-state index contributed by atoms with van der Waals surface area (Å²) in [5, 5.41) is 0. The summed E-state index contributed by atoms with van der Waals surface area (Å²) in [7, 11) is 0. The SMILES string of the molecule is CC/C=C\C/C=C\C/C=C\C/C=C\C/C=C\CCCCCCCCCCCC(=O)OCC(COC(=O)CCCCCCCCC/C=C\CCCCCCCC)OC(=O)CCCCCCCCCCC/C=C\C/C=C\CCCCC. The van der Waals surface area contributed by atoms with Crippen LogP contribution in [0.4, 0.5) is 0 Å². The second-order valence-corrected chi connectivity index (χ2v) is 22.3. The van der Waals surface area contributed by atoms with Gasteiger partial charge in [0.05, 0.1) is 0 Å². The van der Waals surface area contributed by atoms with Crippen LogP contribution in [0.2, 0.25) is 0 Å². The zero-order valence-corrected chi connectivity index (χ0v) is 52.1. The first-order chi connectivity index (χ1) is 39.0. The van der Waals surface area contributed by atoms with E-state index in [1.165, 1.54) is 186 Å². The maximum atomic E-state index is 12.9. The van der Waals surface area contributed by atoms with E-state index in [1.54, 1.807) is 0 Å². The van der Waals surface area contributed by atoms with Gasteiger partial charge in [0.15, 0.2) is 6.10 Å². The first-order valence-electron chi connectivity index (χ1n) is 33.7. The van der Waals surface area contributed by atoms with E-state index in [0.717, 1.165) is 103 Å². The van der Waals surface area contributed by atoms with Gasteiger partial charge in [0.2, 0.25) is 0 Å². The molecule has 6 nitrogen and oxygen atoms in total. The third kappa shape index (κ3) is 65.0. The molecular weight excluding hydrogens is 973 g/mol. The second-order valence-electron chi connectivity index (χ2n) is 22.3. The molecule has 0 aromatic carbocycles. The molecule has 454 valence electrons. The van der Waals surface area contributed by atoms with Gasteiger partial charge in [0.1, 0.15) is 13.2 Å². The van der Waals surface area contributed by atoms with E-state index in [2.05, 4.69) is 118 Å². The van der Waals surface area contributed by atoms with Gasteiger partial charge in [-0.25, -0.2) is 0 Å². The van der Waals surface area contributed by atoms with Crippen LogP contribution in [-0.2, 0) is 28.6 Å². The van der Waals surface area contributed by atoms with Gasteiger partial charge in [-0.1, -0.05) is 285 Å². The summed E-state index contributed by atoms with van der Waals surface area (Å²) in [6, 6.07) is 0. The Hall–Kier alpha value is -3.67. The molecule has 0 aliphatic carbocycles. The standard InChI is InChI=1S/C73H126O6/c1-4-7-10-13-16-19-22-25-28-31-33-34-35-36-37-38-40-42-45-48-51-54-57-60-63-66-72(75)78-69-70(68-77-71(74)65-62-59-56-53-50-47-44-41-30-27-24-21-18-15-12-9-6-3)79-73(76)67-64-61-58-55-52-49-46-43-39-32-29-26-23-20-17-14-11-8-5-2/h7,10,16-17,19-20,25-30,33-34,36-37,70H,4-6,8-9,11-15,18,21-24,31-32,35,38-69H2,1-3H3/b10-7-,19-16-,20-17-,28-25-,29-26-,30-27-,34-33-,37-36-. The predicted octanol–water partition coefficient (Wildman–Crippen LogP) is 23.2. The van der Waals surface area contributed by atoms with Crippen molar-refractivity contribution in [2.45, 2.75) is 335 Å². The number of unbranched alkanes of at least 4 members (excludes halogenated alkanes) is 34. The molecule has 0 heterocycles. The molecule has 0 rings (SSSR count). The molecule has 0 radical (unpaired) electrons. The zero-order valence-electron chi connectivity index (χ0n) is 52.1. The molecule has 0 aliphatic rings. The lowest BCUT2D eigenvalue weighted by Crippen LogP contribution is -2.30. The summed E-state index contributed by atoms with van der Waals surface area (Å²) in [5.74, 6) is -0.883. The molecule has 0 saturated carbocycles. The number of carbonyl (C=O) groups is 3. The average molecular weight is 1100 g/mol. The van der Waals surface area contributed by atoms with Crippen LogP contribution in [0.15, 0.2) is 97.2 Å². The summed E-state index contributed by atoms with van der Waals surface area (Å²) in [6.45, 7) is 6.52. The lowest BCUT2D eigenvalue weighted by atomic mass is 10.1. The smallest absolute Gasteiger partial charge is 0.306 e. The Bertz CT molecular complexity index is 1540. The van der Waals surface area contributed by atoms with E-state index in [1.807, 2.05) is 0 Å². The van der Waals surface area contributed by atoms with Gasteiger partial charge >= 0.3 is 17.9 Å². The van der Waals surface area contributed by atoms with Crippen LogP contribution >= 0.6 is 0 Å². The number of carbonyl (C=O) groups excluding carboxylic acids is 3. The third-order valence-corrected chi connectivity index (χ3v) is 14.5. The summed E-state index contributed by atoms with van der Waals surface area (Å²) >= 11 is 0. The minimum Gasteiger partial charge on any atom is -0.462 e. The Morgan fingerprint density at radius 3 is 0.810 bits per heavy atom. The molecule has 0 spiro atoms. The first-order valence-corrected chi connectivity index (χ1v) is 33.7. The minimum absolute atomic E-state index is 0.0819. The molecule has 1 atom stereocenters. The Balaban J connectivity index is 4.38. The van der Waals surface area contributed by atoms with E-state index in [4.69, 9.17) is 14.2 Å². The minimum atomic E-state index is -0.787. The van der Waals surface area contributed by atoms with Crippen LogP contribution in [0.3, 0.4) is 0 Å². The monoisotopic (exact) mass is 1100 g/mol. The van der Waals surface area contributed by atoms with Crippen molar-refractivity contribution in [1.29, 1.82) is 0 Å². The van der Waals surface area contributed by atoms with Crippen LogP contribution in [0, 0.1) is 0 Å². The predicted molar refractivity (Wildman–Crippen MR) is 344 cm³/mol. The Morgan fingerprint density at radius 2 is 0.494 bits per heavy atom. The lowest BCUT2D eigenvalue weighted by molar-refractivity contribution is -0.167. The molecule has 0 saturated heterocycles. The topological polar surface area (TPSA) is 78.9 Å². The molecule has 6 heteroatoms. The van der Waals surface area contributed by atoms with Crippen molar-refractivity contribution >= 4 is 17.9 Å². The fourth-order valence-electron chi connectivity index (χ4n) is 9.50. The highest BCUT2D eigenvalue weighted by Crippen LogP contribution is 2.16. The fourth-order valence-corrected chi connectivity index (χ4v) is 9.50. The zero-order chi connectivity index (χ0) is 57.1. The van der Waals surface area contributed by atoms with E-state index in [0.29, 0.717) is 19.3 Å². The van der Waals surface area contributed by atoms with Crippen LogP contribution in [0.1, 0.15) is 329 Å². The molecule has 0 aromatic heterocycles. The molecule has 0 fully saturated rings. The summed E-state index contributed by atoms with van der Waals surface area (Å²) < 4.78 is 17.0. The number of ether oxygens (including phenoxy) is 3. The van der Waals surface area contributed by atoms with E-state index < -0.39 is 6.10 Å². The number of rotatable bonds is 61. The lowest BCUT2D eigenvalue weighted by Gasteiger charge is -2.18. The van der Waals surface area contributed by atoms with Gasteiger partial charge in [0, 0.05) is 19.3 Å². The number of hydrogen-bond acceptors (Lipinski definition) is 6. The average Bonchev–Trinajstić information content (AvgIpc) is 3.45. The highest BCUT2D eigenvalue weighted by atomic mass is 16.6. The normalized spacial score (nSPS) is 12.7. The van der Waals surface area contributed by atoms with Gasteiger partial charge in [-0.05, 0) is 122 Å². The van der Waals surface area contributed by atoms with Gasteiger partial charge in [-0.3, -0.25) is 14.4 Å². The molecular formula is C73H126O6. The van der Waals surface area contributed by atoms with Crippen LogP contribution in [-0.4, -0.2) is 37.2 Å². The van der Waals surface area contributed by atoms with Crippen molar-refractivity contribution in [3.8, 4) is 0 Å². The summed E-state index contributed by atoms with van der Waals surface area (Å²) in [5.41, 5.74) is 0. The summed E-state index contributed by atoms with van der Waals surface area (Å²) in [6.07, 6.45) is 89.8. The van der Waals surface area contributed by atoms with Gasteiger partial charge in [-0.15, -0.1) is 0 Å². The first kappa shape index (κ1) is 75.3. The second kappa shape index (κ2) is 66.8. The van der Waals surface area contributed by atoms with Crippen molar-refractivity contribution < 1.29 is 28.6 Å². The van der Waals surface area contributed by atoms with Crippen LogP contribution in [0.5, 0.6) is 0 Å². The Labute approximate surface area is 489 Å². The van der Waals surface area contributed by atoms with Crippen molar-refractivity contribution in [2.75, 3.05) is 13.2 Å². The number of hydrogen-bond donors (Lipinski definition) is 0. The van der Waals surface area contributed by atoms with E-state index >= 15 is 0 Å². The third-order valence-electron chi connectivity index (χ3n) is 14.5. The van der Waals surface area contributed by atoms with Crippen molar-refractivity contribution in [3.05, 3.63) is 97.2 Å². The number of esters is 3. The fraction of sp³-hybridized carbons (Fsp3) is 0.740. The Kier molecular flexibility index (Phi) is 63.7. The van der Waals surface area contributed by atoms with Gasteiger partial charge in [0.25, 0.3) is 0 Å². The molecule has 0 aliphatic heterocycles. The van der Waals surface area contributed by atoms with E-state index in [9.17, 15) is 14.4 Å². The summed E-state index contributed by atoms with van der Waals surface area (Å²) in [4.78, 5) is 38.4. The van der Waals surface area contributed by atoms with Crippen LogP contribution < -0.4 is 0 Å². The van der Waals surface area contributed by atoms with Gasteiger partial charge < -0.3 is 14.2 Å². The van der Waals surface area contributed by atoms with Gasteiger partial charge in [-0.2, -0.15) is 0 Å². The molecule has 79 heavy (non-hydrogen) atoms. The molecule has 0 aromatic rings. The van der Waals surface area contributed by atoms with Crippen LogP contribution in [0.25, 0.3) is 0 Å². The van der Waals surface area contributed by atoms with E-state index in [-0.39, 0.29) is 31.1 Å². The Morgan fingerprint density at radius 1 is 0.266 bits per heavy atom. The number of allylic oxidation sites excluding steroid dienone is 16. The quantitative estimate of drug-likeness (QED) is 0.0261. The van der Waals surface area contributed by atoms with Crippen molar-refractivity contribution in [2.24, 2.45) is 0 Å². The molecule has 0 amide bonds. The molecule has 0 bridgehead atoms. The maximum Gasteiger partial charge on any atom is 0.306 e. The molecule has 0 N–H and O–H groups in total.